The molecular formula is C19H19N3O2. The number of amides is 1. The van der Waals surface area contributed by atoms with Gasteiger partial charge in [0.15, 0.2) is 0 Å². The van der Waals surface area contributed by atoms with Crippen LogP contribution in [-0.2, 0) is 11.3 Å². The Morgan fingerprint density at radius 1 is 1.21 bits per heavy atom. The monoisotopic (exact) mass is 321 g/mol. The van der Waals surface area contributed by atoms with Crippen molar-refractivity contribution in [1.29, 1.82) is 0 Å². The number of carbonyl (C=O) groups excluding carboxylic acids is 1. The fraction of sp³-hybridized carbons (Fsp3) is 0.211. The molecule has 3 aromatic rings. The second-order valence-corrected chi connectivity index (χ2v) is 5.89. The number of hydrogen-bond donors (Lipinski definition) is 1. The number of fused-ring (bicyclic) bond motifs is 1. The molecule has 1 amide bonds. The molecule has 0 saturated carbocycles. The van der Waals surface area contributed by atoms with Gasteiger partial charge in [-0.2, -0.15) is 0 Å². The summed E-state index contributed by atoms with van der Waals surface area (Å²) in [6.45, 7) is 3.92. The Bertz CT molecular complexity index is 929. The molecule has 0 unspecified atom stereocenters. The molecule has 5 heteroatoms. The zero-order chi connectivity index (χ0) is 17.1. The van der Waals surface area contributed by atoms with Crippen molar-refractivity contribution in [2.75, 3.05) is 0 Å². The van der Waals surface area contributed by atoms with Crippen LogP contribution in [0, 0.1) is 6.92 Å². The Morgan fingerprint density at radius 2 is 1.96 bits per heavy atom. The van der Waals surface area contributed by atoms with Crippen LogP contribution in [0.5, 0.6) is 0 Å². The average molecular weight is 321 g/mol. The Morgan fingerprint density at radius 3 is 2.71 bits per heavy atom. The van der Waals surface area contributed by atoms with Crippen LogP contribution in [0.1, 0.15) is 24.1 Å². The molecule has 0 radical (unpaired) electrons. The maximum Gasteiger partial charge on any atom is 0.277 e. The van der Waals surface area contributed by atoms with E-state index in [-0.39, 0.29) is 24.1 Å². The lowest BCUT2D eigenvalue weighted by molar-refractivity contribution is -0.122. The first-order valence-corrected chi connectivity index (χ1v) is 7.85. The van der Waals surface area contributed by atoms with E-state index < -0.39 is 0 Å². The molecule has 0 fully saturated rings. The van der Waals surface area contributed by atoms with Crippen LogP contribution in [0.25, 0.3) is 10.9 Å². The molecule has 122 valence electrons. The summed E-state index contributed by atoms with van der Waals surface area (Å²) in [6, 6.07) is 13.3. The number of pyridine rings is 2. The summed E-state index contributed by atoms with van der Waals surface area (Å²) in [5.74, 6) is -0.208. The lowest BCUT2D eigenvalue weighted by Crippen LogP contribution is -2.33. The minimum absolute atomic E-state index is 0.0262. The lowest BCUT2D eigenvalue weighted by atomic mass is 10.1. The van der Waals surface area contributed by atoms with Gasteiger partial charge in [0.1, 0.15) is 12.1 Å². The molecule has 2 heterocycles. The highest BCUT2D eigenvalue weighted by Crippen LogP contribution is 2.13. The number of hydrogen-bond acceptors (Lipinski definition) is 3. The largest absolute Gasteiger partial charge is 0.348 e. The molecule has 0 aliphatic rings. The highest BCUT2D eigenvalue weighted by atomic mass is 16.2. The first kappa shape index (κ1) is 15.9. The number of rotatable bonds is 4. The van der Waals surface area contributed by atoms with E-state index >= 15 is 0 Å². The van der Waals surface area contributed by atoms with Crippen LogP contribution in [0.3, 0.4) is 0 Å². The van der Waals surface area contributed by atoms with Gasteiger partial charge < -0.3 is 9.88 Å². The van der Waals surface area contributed by atoms with E-state index in [9.17, 15) is 9.59 Å². The molecule has 2 aromatic heterocycles. The fourth-order valence-electron chi connectivity index (χ4n) is 2.61. The van der Waals surface area contributed by atoms with E-state index in [0.717, 1.165) is 10.9 Å². The minimum Gasteiger partial charge on any atom is -0.348 e. The number of nitrogens with one attached hydrogen (secondary N) is 1. The number of nitrogens with zero attached hydrogens (tertiary/aromatic N) is 2. The van der Waals surface area contributed by atoms with Gasteiger partial charge in [-0.05, 0) is 31.5 Å². The van der Waals surface area contributed by atoms with Crippen LogP contribution < -0.4 is 10.9 Å². The van der Waals surface area contributed by atoms with Gasteiger partial charge in [-0.1, -0.05) is 35.9 Å². The third-order valence-corrected chi connectivity index (χ3v) is 4.01. The predicted molar refractivity (Wildman–Crippen MR) is 93.7 cm³/mol. The molecule has 5 nitrogen and oxygen atoms in total. The summed E-state index contributed by atoms with van der Waals surface area (Å²) in [4.78, 5) is 28.7. The van der Waals surface area contributed by atoms with E-state index in [1.807, 2.05) is 44.2 Å². The summed E-state index contributed by atoms with van der Waals surface area (Å²) in [6.07, 6.45) is 3.20. The molecule has 0 spiro atoms. The van der Waals surface area contributed by atoms with Crippen molar-refractivity contribution in [3.63, 3.8) is 0 Å². The molecule has 1 aromatic carbocycles. The van der Waals surface area contributed by atoms with Gasteiger partial charge in [0.25, 0.3) is 5.56 Å². The second-order valence-electron chi connectivity index (χ2n) is 5.89. The molecule has 0 aliphatic heterocycles. The molecule has 24 heavy (non-hydrogen) atoms. The maximum absolute atomic E-state index is 12.4. The van der Waals surface area contributed by atoms with Crippen molar-refractivity contribution in [2.45, 2.75) is 26.4 Å². The Balaban J connectivity index is 1.74. The third-order valence-electron chi connectivity index (χ3n) is 4.01. The molecule has 1 N–H and O–H groups in total. The summed E-state index contributed by atoms with van der Waals surface area (Å²) in [5, 5.41) is 3.69. The van der Waals surface area contributed by atoms with Crippen molar-refractivity contribution in [1.82, 2.24) is 14.9 Å². The molecule has 1 atom stereocenters. The first-order chi connectivity index (χ1) is 11.5. The average Bonchev–Trinajstić information content (AvgIpc) is 2.58. The third kappa shape index (κ3) is 3.35. The number of aryl methyl sites for hydroxylation is 1. The van der Waals surface area contributed by atoms with Crippen LogP contribution in [0.4, 0.5) is 0 Å². The van der Waals surface area contributed by atoms with E-state index in [1.54, 1.807) is 24.5 Å². The predicted octanol–water partition coefficient (Wildman–Crippen LogP) is 2.58. The van der Waals surface area contributed by atoms with Crippen molar-refractivity contribution < 1.29 is 4.79 Å². The van der Waals surface area contributed by atoms with Gasteiger partial charge in [-0.15, -0.1) is 0 Å². The lowest BCUT2D eigenvalue weighted by Gasteiger charge is -2.15. The zero-order valence-electron chi connectivity index (χ0n) is 13.7. The van der Waals surface area contributed by atoms with E-state index in [4.69, 9.17) is 0 Å². The second kappa shape index (κ2) is 6.66. The maximum atomic E-state index is 12.4. The fourth-order valence-corrected chi connectivity index (χ4v) is 2.61. The van der Waals surface area contributed by atoms with E-state index in [2.05, 4.69) is 10.3 Å². The summed E-state index contributed by atoms with van der Waals surface area (Å²) < 4.78 is 1.38. The highest BCUT2D eigenvalue weighted by Gasteiger charge is 2.11. The van der Waals surface area contributed by atoms with Crippen LogP contribution >= 0.6 is 0 Å². The van der Waals surface area contributed by atoms with Gasteiger partial charge >= 0.3 is 0 Å². The number of carbonyl (C=O) groups is 1. The number of aromatic nitrogens is 2. The van der Waals surface area contributed by atoms with Gasteiger partial charge in [0.2, 0.25) is 5.91 Å². The van der Waals surface area contributed by atoms with Crippen LogP contribution in [0.2, 0.25) is 0 Å². The molecule has 0 bridgehead atoms. The Labute approximate surface area is 140 Å². The standard InChI is InChI=1S/C19H19N3O2/c1-13-5-7-15(8-6-13)14(2)21-17(23)12-22-11-9-16-4-3-10-20-18(16)19(22)24/h3-11,14H,12H2,1-2H3,(H,21,23)/t14-/m0/s1. The van der Waals surface area contributed by atoms with Crippen molar-refractivity contribution in [2.24, 2.45) is 0 Å². The smallest absolute Gasteiger partial charge is 0.277 e. The normalized spacial score (nSPS) is 12.1. The molecule has 3 rings (SSSR count). The van der Waals surface area contributed by atoms with Crippen molar-refractivity contribution in [3.05, 3.63) is 76.3 Å². The van der Waals surface area contributed by atoms with E-state index in [1.165, 1.54) is 10.1 Å². The van der Waals surface area contributed by atoms with Gasteiger partial charge in [0.05, 0.1) is 6.04 Å². The first-order valence-electron chi connectivity index (χ1n) is 7.85. The van der Waals surface area contributed by atoms with Crippen LogP contribution in [0.15, 0.2) is 59.7 Å². The van der Waals surface area contributed by atoms with Crippen molar-refractivity contribution in [3.8, 4) is 0 Å². The highest BCUT2D eigenvalue weighted by molar-refractivity contribution is 5.79. The van der Waals surface area contributed by atoms with Gasteiger partial charge in [-0.25, -0.2) is 0 Å². The van der Waals surface area contributed by atoms with Crippen LogP contribution in [-0.4, -0.2) is 15.5 Å². The van der Waals surface area contributed by atoms with Gasteiger partial charge in [-0.3, -0.25) is 14.6 Å². The molecule has 0 saturated heterocycles. The summed E-state index contributed by atoms with van der Waals surface area (Å²) in [5.41, 5.74) is 2.32. The quantitative estimate of drug-likeness (QED) is 0.803. The SMILES string of the molecule is Cc1ccc([C@H](C)NC(=O)Cn2ccc3cccnc3c2=O)cc1. The summed E-state index contributed by atoms with van der Waals surface area (Å²) >= 11 is 0. The summed E-state index contributed by atoms with van der Waals surface area (Å²) in [7, 11) is 0. The Kier molecular flexibility index (Phi) is 4.42. The van der Waals surface area contributed by atoms with Crippen molar-refractivity contribution >= 4 is 16.8 Å². The van der Waals surface area contributed by atoms with Gasteiger partial charge in [0, 0.05) is 17.8 Å². The number of benzene rings is 1. The minimum atomic E-state index is -0.258. The molecular weight excluding hydrogens is 302 g/mol. The zero-order valence-corrected chi connectivity index (χ0v) is 13.7. The topological polar surface area (TPSA) is 64.0 Å². The van der Waals surface area contributed by atoms with E-state index in [0.29, 0.717) is 5.52 Å². The molecule has 0 aliphatic carbocycles. The Hall–Kier alpha value is -2.95.